The molecule has 1 fully saturated rings. The Balaban J connectivity index is 2.08. The number of ether oxygens (including phenoxy) is 1. The second-order valence-corrected chi connectivity index (χ2v) is 5.47. The Hall–Kier alpha value is -1.26. The molecular formula is C15H21ClN2O2. The molecule has 0 atom stereocenters. The Morgan fingerprint density at radius 2 is 2.15 bits per heavy atom. The van der Waals surface area contributed by atoms with E-state index in [1.807, 2.05) is 0 Å². The van der Waals surface area contributed by atoms with Crippen molar-refractivity contribution in [1.29, 1.82) is 0 Å². The fourth-order valence-corrected chi connectivity index (χ4v) is 2.71. The van der Waals surface area contributed by atoms with Gasteiger partial charge in [-0.1, -0.05) is 18.5 Å². The second-order valence-electron chi connectivity index (χ2n) is 5.03. The Morgan fingerprint density at radius 3 is 2.75 bits per heavy atom. The van der Waals surface area contributed by atoms with E-state index in [0.717, 1.165) is 38.2 Å². The number of anilines is 1. The number of methoxy groups -OCH3 is 1. The van der Waals surface area contributed by atoms with Crippen molar-refractivity contribution in [2.75, 3.05) is 32.1 Å². The first-order valence-electron chi connectivity index (χ1n) is 7.00. The number of benzene rings is 1. The molecule has 1 aliphatic rings. The second kappa shape index (κ2) is 6.95. The number of esters is 1. The zero-order valence-corrected chi connectivity index (χ0v) is 12.7. The Morgan fingerprint density at radius 1 is 1.45 bits per heavy atom. The monoisotopic (exact) mass is 296 g/mol. The lowest BCUT2D eigenvalue weighted by atomic mass is 10.0. The summed E-state index contributed by atoms with van der Waals surface area (Å²) in [6, 6.07) is 5.58. The summed E-state index contributed by atoms with van der Waals surface area (Å²) in [7, 11) is 1.39. The largest absolute Gasteiger partial charge is 0.465 e. The first-order chi connectivity index (χ1) is 9.63. The minimum Gasteiger partial charge on any atom is -0.465 e. The summed E-state index contributed by atoms with van der Waals surface area (Å²) in [5, 5.41) is 4.06. The minimum atomic E-state index is -0.338. The van der Waals surface area contributed by atoms with Gasteiger partial charge in [-0.2, -0.15) is 0 Å². The van der Waals surface area contributed by atoms with Crippen LogP contribution in [-0.4, -0.2) is 43.7 Å². The van der Waals surface area contributed by atoms with Gasteiger partial charge in [-0.25, -0.2) is 4.79 Å². The summed E-state index contributed by atoms with van der Waals surface area (Å²) in [5.74, 6) is -0.338. The Kier molecular flexibility index (Phi) is 5.26. The lowest BCUT2D eigenvalue weighted by Gasteiger charge is -2.32. The van der Waals surface area contributed by atoms with Crippen LogP contribution < -0.4 is 5.32 Å². The standard InChI is InChI=1S/C15H21ClN2O2/c1-3-18-8-6-12(7-9-18)17-14-10-11(16)4-5-13(14)15(19)20-2/h4-5,10,12,17H,3,6-9H2,1-2H3. The molecular weight excluding hydrogens is 276 g/mol. The molecule has 1 heterocycles. The highest BCUT2D eigenvalue weighted by Crippen LogP contribution is 2.24. The molecule has 1 aliphatic heterocycles. The Labute approximate surface area is 125 Å². The summed E-state index contributed by atoms with van der Waals surface area (Å²) in [4.78, 5) is 14.2. The van der Waals surface area contributed by atoms with Gasteiger partial charge in [-0.15, -0.1) is 0 Å². The van der Waals surface area contributed by atoms with Crippen LogP contribution in [-0.2, 0) is 4.74 Å². The fourth-order valence-electron chi connectivity index (χ4n) is 2.54. The molecule has 0 spiro atoms. The van der Waals surface area contributed by atoms with Gasteiger partial charge in [0.05, 0.1) is 18.4 Å². The van der Waals surface area contributed by atoms with E-state index in [1.165, 1.54) is 7.11 Å². The number of nitrogens with zero attached hydrogens (tertiary/aromatic N) is 1. The van der Waals surface area contributed by atoms with Crippen LogP contribution in [0.4, 0.5) is 5.69 Å². The van der Waals surface area contributed by atoms with Crippen molar-refractivity contribution in [3.8, 4) is 0 Å². The maximum atomic E-state index is 11.8. The van der Waals surface area contributed by atoms with Crippen molar-refractivity contribution in [3.63, 3.8) is 0 Å². The van der Waals surface area contributed by atoms with E-state index in [0.29, 0.717) is 16.6 Å². The number of hydrogen-bond acceptors (Lipinski definition) is 4. The molecule has 1 N–H and O–H groups in total. The maximum absolute atomic E-state index is 11.8. The summed E-state index contributed by atoms with van der Waals surface area (Å²) in [5.41, 5.74) is 1.30. The van der Waals surface area contributed by atoms with Gasteiger partial charge in [-0.05, 0) is 37.6 Å². The van der Waals surface area contributed by atoms with Gasteiger partial charge in [0.2, 0.25) is 0 Å². The van der Waals surface area contributed by atoms with E-state index in [-0.39, 0.29) is 5.97 Å². The quantitative estimate of drug-likeness (QED) is 0.867. The highest BCUT2D eigenvalue weighted by atomic mass is 35.5. The zero-order valence-electron chi connectivity index (χ0n) is 12.0. The molecule has 0 amide bonds. The number of piperidine rings is 1. The lowest BCUT2D eigenvalue weighted by Crippen LogP contribution is -2.39. The smallest absolute Gasteiger partial charge is 0.339 e. The summed E-state index contributed by atoms with van der Waals surface area (Å²) in [6.45, 7) is 5.45. The van der Waals surface area contributed by atoms with Crippen LogP contribution in [0.3, 0.4) is 0 Å². The highest BCUT2D eigenvalue weighted by Gasteiger charge is 2.20. The predicted octanol–water partition coefficient (Wildman–Crippen LogP) is 3.02. The van der Waals surface area contributed by atoms with Crippen LogP contribution in [0.15, 0.2) is 18.2 Å². The number of carbonyl (C=O) groups excluding carboxylic acids is 1. The molecule has 0 saturated carbocycles. The van der Waals surface area contributed by atoms with Crippen molar-refractivity contribution >= 4 is 23.3 Å². The molecule has 0 radical (unpaired) electrons. The van der Waals surface area contributed by atoms with Crippen molar-refractivity contribution in [2.24, 2.45) is 0 Å². The summed E-state index contributed by atoms with van der Waals surface area (Å²) in [6.07, 6.45) is 2.14. The normalized spacial score (nSPS) is 16.9. The molecule has 5 heteroatoms. The third-order valence-corrected chi connectivity index (χ3v) is 4.02. The van der Waals surface area contributed by atoms with E-state index in [1.54, 1.807) is 18.2 Å². The van der Waals surface area contributed by atoms with Gasteiger partial charge in [0.25, 0.3) is 0 Å². The van der Waals surface area contributed by atoms with E-state index in [2.05, 4.69) is 17.1 Å². The maximum Gasteiger partial charge on any atom is 0.339 e. The van der Waals surface area contributed by atoms with Crippen molar-refractivity contribution in [1.82, 2.24) is 4.90 Å². The van der Waals surface area contributed by atoms with Gasteiger partial charge in [0.1, 0.15) is 0 Å². The molecule has 0 bridgehead atoms. The van der Waals surface area contributed by atoms with Crippen LogP contribution in [0.5, 0.6) is 0 Å². The number of halogens is 1. The molecule has 0 aliphatic carbocycles. The molecule has 110 valence electrons. The predicted molar refractivity (Wildman–Crippen MR) is 81.6 cm³/mol. The third kappa shape index (κ3) is 3.64. The van der Waals surface area contributed by atoms with Gasteiger partial charge in [0, 0.05) is 24.2 Å². The zero-order chi connectivity index (χ0) is 14.5. The van der Waals surface area contributed by atoms with Crippen LogP contribution in [0.25, 0.3) is 0 Å². The number of hydrogen-bond donors (Lipinski definition) is 1. The van der Waals surface area contributed by atoms with Crippen molar-refractivity contribution < 1.29 is 9.53 Å². The van der Waals surface area contributed by atoms with Crippen molar-refractivity contribution in [2.45, 2.75) is 25.8 Å². The number of rotatable bonds is 4. The average Bonchev–Trinajstić information content (AvgIpc) is 2.47. The summed E-state index contributed by atoms with van der Waals surface area (Å²) >= 11 is 6.03. The molecule has 20 heavy (non-hydrogen) atoms. The Bertz CT molecular complexity index is 471. The fraction of sp³-hybridized carbons (Fsp3) is 0.533. The molecule has 0 unspecified atom stereocenters. The molecule has 2 rings (SSSR count). The molecule has 0 aromatic heterocycles. The van der Waals surface area contributed by atoms with Gasteiger partial charge < -0.3 is 15.0 Å². The summed E-state index contributed by atoms with van der Waals surface area (Å²) < 4.78 is 4.81. The van der Waals surface area contributed by atoms with E-state index >= 15 is 0 Å². The number of nitrogens with one attached hydrogen (secondary N) is 1. The molecule has 1 aromatic rings. The van der Waals surface area contributed by atoms with E-state index in [4.69, 9.17) is 16.3 Å². The minimum absolute atomic E-state index is 0.338. The van der Waals surface area contributed by atoms with Gasteiger partial charge in [0.15, 0.2) is 0 Å². The molecule has 4 nitrogen and oxygen atoms in total. The number of carbonyl (C=O) groups is 1. The first kappa shape index (κ1) is 15.1. The molecule has 1 aromatic carbocycles. The number of likely N-dealkylation sites (tertiary alicyclic amines) is 1. The van der Waals surface area contributed by atoms with Crippen LogP contribution in [0.1, 0.15) is 30.1 Å². The van der Waals surface area contributed by atoms with Crippen LogP contribution in [0.2, 0.25) is 5.02 Å². The lowest BCUT2D eigenvalue weighted by molar-refractivity contribution is 0.0601. The van der Waals surface area contributed by atoms with Gasteiger partial charge >= 0.3 is 5.97 Å². The SMILES string of the molecule is CCN1CCC(Nc2cc(Cl)ccc2C(=O)OC)CC1. The molecule has 1 saturated heterocycles. The highest BCUT2D eigenvalue weighted by molar-refractivity contribution is 6.31. The first-order valence-corrected chi connectivity index (χ1v) is 7.38. The van der Waals surface area contributed by atoms with E-state index < -0.39 is 0 Å². The van der Waals surface area contributed by atoms with E-state index in [9.17, 15) is 4.79 Å². The van der Waals surface area contributed by atoms with Crippen LogP contribution in [0, 0.1) is 0 Å². The third-order valence-electron chi connectivity index (χ3n) is 3.78. The van der Waals surface area contributed by atoms with Crippen molar-refractivity contribution in [3.05, 3.63) is 28.8 Å². The van der Waals surface area contributed by atoms with Crippen LogP contribution >= 0.6 is 11.6 Å². The topological polar surface area (TPSA) is 41.6 Å². The average molecular weight is 297 g/mol. The van der Waals surface area contributed by atoms with Gasteiger partial charge in [-0.3, -0.25) is 0 Å².